The van der Waals surface area contributed by atoms with Gasteiger partial charge in [-0.25, -0.2) is 0 Å². The molecule has 0 saturated carbocycles. The molecular weight excluding hydrogens is 790 g/mol. The van der Waals surface area contributed by atoms with Crippen LogP contribution in [0.2, 0.25) is 0 Å². The van der Waals surface area contributed by atoms with Gasteiger partial charge in [0.2, 0.25) is 0 Å². The predicted octanol–water partition coefficient (Wildman–Crippen LogP) is 7.14. The molecule has 3 aliphatic rings. The number of anilines is 3. The average molecular weight is 829 g/mol. The summed E-state index contributed by atoms with van der Waals surface area (Å²) in [5.74, 6) is 0. The van der Waals surface area contributed by atoms with Crippen molar-refractivity contribution in [3.05, 3.63) is 182 Å². The van der Waals surface area contributed by atoms with Gasteiger partial charge in [-0.3, -0.25) is 0 Å². The van der Waals surface area contributed by atoms with Crippen molar-refractivity contribution in [1.82, 2.24) is 4.90 Å². The van der Waals surface area contributed by atoms with E-state index >= 15 is 0 Å². The molecule has 4 bridgehead atoms. The fourth-order valence-corrected chi connectivity index (χ4v) is 10.2. The molecular formula is C44H35BN4Pt. The van der Waals surface area contributed by atoms with Gasteiger partial charge in [-0.05, 0) is 0 Å². The number of benzene rings is 6. The van der Waals surface area contributed by atoms with Crippen LogP contribution in [-0.4, -0.2) is 26.9 Å². The monoisotopic (exact) mass is 828 g/mol. The van der Waals surface area contributed by atoms with Crippen molar-refractivity contribution < 1.29 is 21.8 Å². The van der Waals surface area contributed by atoms with E-state index in [-0.39, 0.29) is 6.71 Å². The van der Waals surface area contributed by atoms with Gasteiger partial charge in [0.15, 0.2) is 0 Å². The minimum absolute atomic E-state index is 0.160. The summed E-state index contributed by atoms with van der Waals surface area (Å²) in [5, 5.41) is 0. The van der Waals surface area contributed by atoms with Crippen LogP contribution in [0.4, 0.5) is 17.1 Å². The van der Waals surface area contributed by atoms with Crippen molar-refractivity contribution in [1.29, 1.82) is 0 Å². The van der Waals surface area contributed by atoms with E-state index < -0.39 is 24.6 Å². The Labute approximate surface area is 306 Å². The third-order valence-corrected chi connectivity index (χ3v) is 12.7. The molecule has 0 spiro atoms. The van der Waals surface area contributed by atoms with Gasteiger partial charge in [0.25, 0.3) is 0 Å². The Morgan fingerprint density at radius 1 is 0.500 bits per heavy atom. The molecule has 0 fully saturated rings. The first-order valence-electron chi connectivity index (χ1n) is 18.2. The zero-order chi connectivity index (χ0) is 36.1. The summed E-state index contributed by atoms with van der Waals surface area (Å²) in [6.45, 7) is -0.413. The fraction of sp³-hybridized carbons (Fsp3) is 0.0455. The minimum atomic E-state index is -2.34. The molecule has 0 N–H and O–H groups in total. The van der Waals surface area contributed by atoms with Crippen molar-refractivity contribution in [2.75, 3.05) is 21.7 Å². The van der Waals surface area contributed by atoms with Gasteiger partial charge in [0, 0.05) is 0 Å². The van der Waals surface area contributed by atoms with E-state index in [1.165, 1.54) is 32.5 Å². The summed E-state index contributed by atoms with van der Waals surface area (Å²) in [6, 6.07) is 54.0. The van der Waals surface area contributed by atoms with Gasteiger partial charge in [-0.1, -0.05) is 0 Å². The SMILES string of the molecule is [2H]C([2H])([2H])N1C=CN2[C]1=[Pt]=[C]1N(c3ccc(C)cc3)C=CN1c1cccc(c1)B(c1c(-c3ccccc3)cccc1-c1ccccc1)c1cccc2c1. The van der Waals surface area contributed by atoms with Gasteiger partial charge >= 0.3 is 308 Å². The van der Waals surface area contributed by atoms with E-state index in [0.717, 1.165) is 41.9 Å². The van der Waals surface area contributed by atoms with E-state index in [1.807, 2.05) is 6.20 Å². The second-order valence-corrected chi connectivity index (χ2v) is 15.2. The maximum atomic E-state index is 8.57. The van der Waals surface area contributed by atoms with Crippen molar-refractivity contribution in [3.8, 4) is 22.3 Å². The molecule has 6 aromatic carbocycles. The van der Waals surface area contributed by atoms with E-state index in [9.17, 15) is 0 Å². The average Bonchev–Trinajstić information content (AvgIpc) is 3.81. The molecule has 0 saturated heterocycles. The van der Waals surface area contributed by atoms with Crippen molar-refractivity contribution in [2.45, 2.75) is 6.92 Å². The van der Waals surface area contributed by atoms with Crippen molar-refractivity contribution in [3.63, 3.8) is 0 Å². The van der Waals surface area contributed by atoms with E-state index in [2.05, 4.69) is 186 Å². The number of aryl methyl sites for hydroxylation is 1. The summed E-state index contributed by atoms with van der Waals surface area (Å²) in [6.07, 6.45) is 7.86. The molecule has 0 amide bonds. The summed E-state index contributed by atoms with van der Waals surface area (Å²) < 4.78 is 27.5. The summed E-state index contributed by atoms with van der Waals surface area (Å²) in [4.78, 5) is 8.06. The first-order valence-corrected chi connectivity index (χ1v) is 19.0. The van der Waals surface area contributed by atoms with Crippen molar-refractivity contribution in [2.24, 2.45) is 0 Å². The maximum absolute atomic E-state index is 8.57. The molecule has 0 aliphatic carbocycles. The Bertz CT molecular complexity index is 2420. The van der Waals surface area contributed by atoms with Crippen LogP contribution in [-0.2, 0) is 17.6 Å². The summed E-state index contributed by atoms with van der Waals surface area (Å²) in [5.41, 5.74) is 12.4. The number of rotatable bonds is 4. The molecule has 6 heteroatoms. The van der Waals surface area contributed by atoms with Crippen LogP contribution < -0.4 is 31.1 Å². The van der Waals surface area contributed by atoms with Gasteiger partial charge in [0.05, 0.1) is 0 Å². The van der Waals surface area contributed by atoms with Crippen LogP contribution in [0.15, 0.2) is 176 Å². The molecule has 4 nitrogen and oxygen atoms in total. The van der Waals surface area contributed by atoms with E-state index in [4.69, 9.17) is 4.11 Å². The Morgan fingerprint density at radius 2 is 1.02 bits per heavy atom. The topological polar surface area (TPSA) is 13.0 Å². The van der Waals surface area contributed by atoms with Crippen LogP contribution in [0.5, 0.6) is 0 Å². The quantitative estimate of drug-likeness (QED) is 0.176. The fourth-order valence-electron chi connectivity index (χ4n) is 7.05. The molecule has 3 heterocycles. The first-order chi connectivity index (χ1) is 25.8. The summed E-state index contributed by atoms with van der Waals surface area (Å²) >= 11 is -1.08. The second-order valence-electron chi connectivity index (χ2n) is 12.6. The van der Waals surface area contributed by atoms with Gasteiger partial charge < -0.3 is 0 Å². The molecule has 3 aliphatic heterocycles. The van der Waals surface area contributed by atoms with Gasteiger partial charge in [0.1, 0.15) is 0 Å². The molecule has 0 radical (unpaired) electrons. The second kappa shape index (κ2) is 12.7. The molecule has 0 atom stereocenters. The van der Waals surface area contributed by atoms with E-state index in [0.29, 0.717) is 0 Å². The Balaban J connectivity index is 1.34. The predicted molar refractivity (Wildman–Crippen MR) is 210 cm³/mol. The molecule has 244 valence electrons. The van der Waals surface area contributed by atoms with Crippen LogP contribution in [0.25, 0.3) is 22.3 Å². The number of hydrogen-bond acceptors (Lipinski definition) is 4. The number of hydrogen-bond donors (Lipinski definition) is 0. The third kappa shape index (κ3) is 5.39. The van der Waals surface area contributed by atoms with Gasteiger partial charge in [-0.15, -0.1) is 0 Å². The first kappa shape index (κ1) is 27.3. The van der Waals surface area contributed by atoms with Crippen LogP contribution in [0.3, 0.4) is 0 Å². The van der Waals surface area contributed by atoms with Crippen LogP contribution in [0, 0.1) is 6.92 Å². The number of fused-ring (bicyclic) bond motifs is 8. The molecule has 0 aromatic heterocycles. The Kier molecular flexibility index (Phi) is 6.97. The van der Waals surface area contributed by atoms with Crippen LogP contribution in [0.1, 0.15) is 9.68 Å². The van der Waals surface area contributed by atoms with Gasteiger partial charge in [-0.2, -0.15) is 0 Å². The normalized spacial score (nSPS) is 16.2. The standard InChI is InChI=1S/C44H35BN4.Pt/c1-34-22-24-39(25-23-34)48-28-29-49(33-48)41-19-10-17-38(31-41)45(37-16-9-18-40(30-37)47-27-26-46(2)32-47)44-42(35-12-5-3-6-13-35)20-11-21-43(44)36-14-7-4-8-15-36;/h3-31H,1-2H3;/i2D3;. The van der Waals surface area contributed by atoms with Crippen LogP contribution >= 0.6 is 0 Å². The third-order valence-electron chi connectivity index (χ3n) is 9.45. The number of nitrogens with zero attached hydrogens (tertiary/aromatic N) is 4. The Hall–Kier alpha value is -5.51. The zero-order valence-electron chi connectivity index (χ0n) is 30.4. The molecule has 9 rings (SSSR count). The Morgan fingerprint density at radius 3 is 1.60 bits per heavy atom. The summed E-state index contributed by atoms with van der Waals surface area (Å²) in [7, 11) is 0. The molecule has 0 unspecified atom stereocenters. The molecule has 50 heavy (non-hydrogen) atoms. The zero-order valence-corrected chi connectivity index (χ0v) is 29.7. The van der Waals surface area contributed by atoms with E-state index in [1.54, 1.807) is 6.20 Å². The van der Waals surface area contributed by atoms with Crippen molar-refractivity contribution >= 4 is 48.5 Å². The molecule has 6 aromatic rings.